The predicted molar refractivity (Wildman–Crippen MR) is 119 cm³/mol. The monoisotopic (exact) mass is 442 g/mol. The summed E-state index contributed by atoms with van der Waals surface area (Å²) in [5.74, 6) is -0.455. The van der Waals surface area contributed by atoms with Crippen molar-refractivity contribution in [1.82, 2.24) is 10.3 Å². The van der Waals surface area contributed by atoms with Crippen molar-refractivity contribution in [3.63, 3.8) is 0 Å². The number of fused-ring (bicyclic) bond motifs is 1. The second kappa shape index (κ2) is 9.63. The molecule has 0 aliphatic carbocycles. The van der Waals surface area contributed by atoms with Crippen molar-refractivity contribution in [3.8, 4) is 0 Å². The van der Waals surface area contributed by atoms with Crippen molar-refractivity contribution in [2.75, 3.05) is 29.1 Å². The number of non-ortho nitro benzene ring substituents is 1. The molecule has 0 aliphatic heterocycles. The Morgan fingerprint density at radius 1 is 1.16 bits per heavy atom. The molecule has 3 rings (SSSR count). The van der Waals surface area contributed by atoms with Crippen LogP contribution >= 0.6 is 12.2 Å². The summed E-state index contributed by atoms with van der Waals surface area (Å²) in [6.45, 7) is 5.61. The highest BCUT2D eigenvalue weighted by atomic mass is 32.1. The predicted octanol–water partition coefficient (Wildman–Crippen LogP) is 3.47. The number of rotatable bonds is 8. The highest BCUT2D eigenvalue weighted by Gasteiger charge is 2.13. The van der Waals surface area contributed by atoms with Crippen LogP contribution in [0.15, 0.2) is 53.2 Å². The van der Waals surface area contributed by atoms with Crippen LogP contribution in [0.4, 0.5) is 22.7 Å². The highest BCUT2D eigenvalue weighted by Crippen LogP contribution is 2.27. The minimum absolute atomic E-state index is 0.0164. The fourth-order valence-electron chi connectivity index (χ4n) is 2.51. The van der Waals surface area contributed by atoms with E-state index in [4.69, 9.17) is 21.6 Å². The number of nitrogens with one attached hydrogen (secondary N) is 3. The van der Waals surface area contributed by atoms with Crippen molar-refractivity contribution < 1.29 is 19.1 Å². The van der Waals surface area contributed by atoms with Crippen LogP contribution in [0, 0.1) is 10.1 Å². The lowest BCUT2D eigenvalue weighted by Crippen LogP contribution is -2.19. The molecule has 0 radical (unpaired) electrons. The number of ether oxygens (including phenoxy) is 1. The van der Waals surface area contributed by atoms with Gasteiger partial charge in [-0.3, -0.25) is 10.1 Å². The van der Waals surface area contributed by atoms with Gasteiger partial charge in [0.2, 0.25) is 0 Å². The van der Waals surface area contributed by atoms with Crippen LogP contribution in [0.3, 0.4) is 0 Å². The van der Waals surface area contributed by atoms with Crippen molar-refractivity contribution in [3.05, 3.63) is 58.7 Å². The first-order valence-electron chi connectivity index (χ1n) is 8.99. The number of aromatic nitrogens is 2. The van der Waals surface area contributed by atoms with E-state index in [-0.39, 0.29) is 17.4 Å². The van der Waals surface area contributed by atoms with E-state index < -0.39 is 10.9 Å². The molecule has 11 nitrogen and oxygen atoms in total. The molecule has 3 N–H and O–H groups in total. The molecule has 0 spiro atoms. The van der Waals surface area contributed by atoms with E-state index in [0.717, 1.165) is 0 Å². The first-order chi connectivity index (χ1) is 14.8. The van der Waals surface area contributed by atoms with Crippen LogP contribution < -0.4 is 16.0 Å². The quantitative estimate of drug-likeness (QED) is 0.118. The van der Waals surface area contributed by atoms with E-state index >= 15 is 0 Å². The summed E-state index contributed by atoms with van der Waals surface area (Å²) in [5, 5.41) is 27.8. The Morgan fingerprint density at radius 2 is 1.81 bits per heavy atom. The number of carbonyl (C=O) groups is 1. The summed E-state index contributed by atoms with van der Waals surface area (Å²) in [7, 11) is 0. The Labute approximate surface area is 181 Å². The minimum atomic E-state index is -0.477. The van der Waals surface area contributed by atoms with Gasteiger partial charge in [0, 0.05) is 29.9 Å². The number of nitrogens with zero attached hydrogens (tertiary/aromatic N) is 3. The number of nitro benzene ring substituents is 1. The number of thiocarbonyl (C=S) groups is 1. The third-order valence-corrected chi connectivity index (χ3v) is 4.20. The number of benzene rings is 2. The first-order valence-corrected chi connectivity index (χ1v) is 9.40. The molecule has 2 aromatic carbocycles. The van der Waals surface area contributed by atoms with Gasteiger partial charge >= 0.3 is 5.97 Å². The summed E-state index contributed by atoms with van der Waals surface area (Å²) < 4.78 is 9.89. The van der Waals surface area contributed by atoms with Crippen LogP contribution in [0.5, 0.6) is 0 Å². The van der Waals surface area contributed by atoms with E-state index in [0.29, 0.717) is 40.2 Å². The molecule has 0 fully saturated rings. The van der Waals surface area contributed by atoms with E-state index in [1.165, 1.54) is 12.1 Å². The largest absolute Gasteiger partial charge is 0.460 e. The lowest BCUT2D eigenvalue weighted by molar-refractivity contribution is -0.384. The molecular formula is C19H18N6O5S. The maximum atomic E-state index is 11.4. The molecule has 3 aromatic rings. The van der Waals surface area contributed by atoms with Crippen LogP contribution in [0.2, 0.25) is 0 Å². The van der Waals surface area contributed by atoms with Gasteiger partial charge < -0.3 is 20.7 Å². The fraction of sp³-hybridized carbons (Fsp3) is 0.158. The Hall–Kier alpha value is -4.06. The fourth-order valence-corrected chi connectivity index (χ4v) is 2.74. The summed E-state index contributed by atoms with van der Waals surface area (Å²) in [6.07, 6.45) is 0. The molecule has 0 atom stereocenters. The van der Waals surface area contributed by atoms with Gasteiger partial charge in [0.05, 0.1) is 16.3 Å². The molecule has 0 aliphatic rings. The second-order valence-corrected chi connectivity index (χ2v) is 6.76. The van der Waals surface area contributed by atoms with Gasteiger partial charge in [-0.25, -0.2) is 9.42 Å². The zero-order valence-corrected chi connectivity index (χ0v) is 17.2. The number of carbonyl (C=O) groups excluding carboxylic acids is 1. The molecule has 0 bridgehead atoms. The number of nitro groups is 1. The molecule has 0 saturated carbocycles. The average molecular weight is 442 g/mol. The smallest absolute Gasteiger partial charge is 0.333 e. The Bertz CT molecular complexity index is 1140. The maximum Gasteiger partial charge on any atom is 0.333 e. The third kappa shape index (κ3) is 5.51. The minimum Gasteiger partial charge on any atom is -0.460 e. The van der Waals surface area contributed by atoms with E-state index in [2.05, 4.69) is 32.8 Å². The summed E-state index contributed by atoms with van der Waals surface area (Å²) >= 11 is 5.30. The van der Waals surface area contributed by atoms with Gasteiger partial charge in [0.15, 0.2) is 16.1 Å². The Morgan fingerprint density at radius 3 is 2.45 bits per heavy atom. The van der Waals surface area contributed by atoms with Gasteiger partial charge in [-0.1, -0.05) is 6.58 Å². The van der Waals surface area contributed by atoms with Gasteiger partial charge in [-0.05, 0) is 53.7 Å². The molecule has 12 heteroatoms. The van der Waals surface area contributed by atoms with Crippen molar-refractivity contribution >= 4 is 57.1 Å². The van der Waals surface area contributed by atoms with E-state index in [9.17, 15) is 14.9 Å². The standard InChI is InChI=1S/C19H18N6O5S/c1-11(2)18(26)29-10-9-20-14-7-8-15(17-16(14)23-30-24-17)22-19(31)21-12-3-5-13(6-4-12)25(27)28/h3-8,20H,1,9-10H2,2H3,(H2,21,22,31). The molecule has 0 saturated heterocycles. The maximum absolute atomic E-state index is 11.4. The number of anilines is 3. The molecule has 1 aromatic heterocycles. The van der Waals surface area contributed by atoms with E-state index in [1.54, 1.807) is 31.2 Å². The van der Waals surface area contributed by atoms with Gasteiger partial charge in [0.25, 0.3) is 5.69 Å². The number of esters is 1. The third-order valence-electron chi connectivity index (χ3n) is 4.00. The first kappa shape index (κ1) is 21.6. The van der Waals surface area contributed by atoms with Crippen molar-refractivity contribution in [1.29, 1.82) is 0 Å². The molecule has 31 heavy (non-hydrogen) atoms. The van der Waals surface area contributed by atoms with Crippen LogP contribution in [0.25, 0.3) is 11.0 Å². The summed E-state index contributed by atoms with van der Waals surface area (Å²) in [6, 6.07) is 9.33. The highest BCUT2D eigenvalue weighted by molar-refractivity contribution is 7.80. The van der Waals surface area contributed by atoms with Gasteiger partial charge in [0.1, 0.15) is 6.61 Å². The lowest BCUT2D eigenvalue weighted by atomic mass is 10.2. The Balaban J connectivity index is 1.62. The normalized spacial score (nSPS) is 10.4. The summed E-state index contributed by atoms with van der Waals surface area (Å²) in [5.41, 5.74) is 3.00. The van der Waals surface area contributed by atoms with Gasteiger partial charge in [-0.2, -0.15) is 0 Å². The molecule has 1 heterocycles. The number of hydrogen-bond donors (Lipinski definition) is 3. The van der Waals surface area contributed by atoms with Crippen molar-refractivity contribution in [2.45, 2.75) is 6.92 Å². The lowest BCUT2D eigenvalue weighted by Gasteiger charge is -2.12. The number of hydrogen-bond acceptors (Lipinski definition) is 9. The Kier molecular flexibility index (Phi) is 6.72. The molecular weight excluding hydrogens is 424 g/mol. The molecule has 160 valence electrons. The van der Waals surface area contributed by atoms with Crippen LogP contribution in [-0.4, -0.2) is 39.5 Å². The molecule has 0 amide bonds. The topological polar surface area (TPSA) is 144 Å². The van der Waals surface area contributed by atoms with Crippen LogP contribution in [0.1, 0.15) is 6.92 Å². The SMILES string of the molecule is C=C(C)C(=O)OCCNc1ccc(NC(=S)Nc2ccc([N+](=O)[O-])cc2)c2nonc12. The zero-order valence-electron chi connectivity index (χ0n) is 16.4. The van der Waals surface area contributed by atoms with Crippen LogP contribution in [-0.2, 0) is 9.53 Å². The summed E-state index contributed by atoms with van der Waals surface area (Å²) in [4.78, 5) is 21.7. The molecule has 0 unspecified atom stereocenters. The van der Waals surface area contributed by atoms with Gasteiger partial charge in [-0.15, -0.1) is 0 Å². The van der Waals surface area contributed by atoms with Crippen molar-refractivity contribution in [2.24, 2.45) is 0 Å². The average Bonchev–Trinajstić information content (AvgIpc) is 3.23. The van der Waals surface area contributed by atoms with E-state index in [1.807, 2.05) is 0 Å². The zero-order chi connectivity index (χ0) is 22.4. The second-order valence-electron chi connectivity index (χ2n) is 6.35.